The van der Waals surface area contributed by atoms with Crippen LogP contribution in [-0.2, 0) is 21.5 Å². The molecule has 4 aliphatic carbocycles. The fraction of sp³-hybridized carbons (Fsp3) is 0.571. The van der Waals surface area contributed by atoms with Crippen molar-refractivity contribution in [3.63, 3.8) is 0 Å². The van der Waals surface area contributed by atoms with Crippen LogP contribution in [0, 0.1) is 11.3 Å². The van der Waals surface area contributed by atoms with E-state index in [1.165, 1.54) is 13.8 Å². The maximum absolute atomic E-state index is 14.5. The highest BCUT2D eigenvalue weighted by Crippen LogP contribution is 2.58. The van der Waals surface area contributed by atoms with E-state index in [1.54, 1.807) is 24.8 Å². The molecule has 0 spiro atoms. The van der Waals surface area contributed by atoms with E-state index in [-0.39, 0.29) is 16.7 Å². The lowest BCUT2D eigenvalue weighted by molar-refractivity contribution is -0.295. The van der Waals surface area contributed by atoms with Crippen LogP contribution in [0.1, 0.15) is 96.3 Å². The lowest BCUT2D eigenvalue weighted by Gasteiger charge is -2.54. The van der Waals surface area contributed by atoms with Gasteiger partial charge in [0.2, 0.25) is 5.91 Å². The number of carbonyl (C=O) groups is 1. The van der Waals surface area contributed by atoms with Crippen molar-refractivity contribution in [2.24, 2.45) is 11.3 Å². The first-order valence-electron chi connectivity index (χ1n) is 15.9. The molecule has 3 aromatic rings. The van der Waals surface area contributed by atoms with Crippen molar-refractivity contribution in [3.8, 4) is 11.1 Å². The van der Waals surface area contributed by atoms with Gasteiger partial charge < -0.3 is 19.6 Å². The number of carbonyl (C=O) groups excluding carboxylic acids is 1. The molecule has 0 radical (unpaired) electrons. The quantitative estimate of drug-likeness (QED) is 0.247. The largest absolute Gasteiger partial charge is 0.417 e. The van der Waals surface area contributed by atoms with E-state index in [9.17, 15) is 32.6 Å². The minimum absolute atomic E-state index is 0.0510. The number of nitrogens with zero attached hydrogens (tertiary/aromatic N) is 3. The fourth-order valence-corrected chi connectivity index (χ4v) is 7.45. The Bertz CT molecular complexity index is 1570. The summed E-state index contributed by atoms with van der Waals surface area (Å²) >= 11 is 0. The predicted molar refractivity (Wildman–Crippen MR) is 163 cm³/mol. The van der Waals surface area contributed by atoms with Gasteiger partial charge in [-0.25, -0.2) is 4.39 Å². The number of hydrogen-bond donors (Lipinski definition) is 2. The van der Waals surface area contributed by atoms with Gasteiger partial charge in [-0.15, -0.1) is 0 Å². The molecule has 7 nitrogen and oxygen atoms in total. The smallest absolute Gasteiger partial charge is 0.386 e. The Labute approximate surface area is 266 Å². The standard InChI is InChI=1S/C35H41F4N3O4/c1-30(2,36)29-40-28(41-46-29)33-15-12-32(13-16-33,14-17-33)21-42(27(43)24-19-34(45,20-24)35(37,38)39)26-7-5-6-23(18-26)22-8-10-25(11-9-22)31(3,4)44/h5-11,18,24,44-45H,12-17,19-21H2,1-4H3/t24-,32?,33?,34+. The molecule has 2 N–H and O–H groups in total. The lowest BCUT2D eigenvalue weighted by atomic mass is 9.53. The van der Waals surface area contributed by atoms with E-state index in [2.05, 4.69) is 10.1 Å². The van der Waals surface area contributed by atoms with Crippen molar-refractivity contribution in [1.29, 1.82) is 0 Å². The Kier molecular flexibility index (Phi) is 7.71. The van der Waals surface area contributed by atoms with Crippen LogP contribution >= 0.6 is 0 Å². The summed E-state index contributed by atoms with van der Waals surface area (Å²) < 4.78 is 60.2. The highest BCUT2D eigenvalue weighted by atomic mass is 19.4. The number of rotatable bonds is 8. The molecule has 1 aromatic heterocycles. The Balaban J connectivity index is 1.27. The highest BCUT2D eigenvalue weighted by molar-refractivity contribution is 5.96. The third-order valence-corrected chi connectivity index (χ3v) is 10.7. The number of fused-ring (bicyclic) bond motifs is 3. The molecule has 4 saturated carbocycles. The van der Waals surface area contributed by atoms with Gasteiger partial charge in [0, 0.05) is 23.6 Å². The lowest BCUT2D eigenvalue weighted by Crippen LogP contribution is -2.60. The van der Waals surface area contributed by atoms with Crippen LogP contribution in [0.5, 0.6) is 0 Å². The van der Waals surface area contributed by atoms with Crippen LogP contribution in [0.25, 0.3) is 11.1 Å². The summed E-state index contributed by atoms with van der Waals surface area (Å²) in [7, 11) is 0. The Morgan fingerprint density at radius 1 is 0.935 bits per heavy atom. The number of halogens is 4. The molecule has 11 heteroatoms. The first kappa shape index (κ1) is 32.6. The van der Waals surface area contributed by atoms with Crippen molar-refractivity contribution in [2.45, 2.75) is 108 Å². The zero-order chi connectivity index (χ0) is 33.3. The fourth-order valence-electron chi connectivity index (χ4n) is 7.45. The van der Waals surface area contributed by atoms with Crippen LogP contribution in [0.15, 0.2) is 53.1 Å². The molecule has 7 rings (SSSR count). The maximum Gasteiger partial charge on any atom is 0.417 e. The number of aromatic nitrogens is 2. The molecule has 46 heavy (non-hydrogen) atoms. The summed E-state index contributed by atoms with van der Waals surface area (Å²) in [6.07, 6.45) is -1.71. The van der Waals surface area contributed by atoms with Crippen LogP contribution < -0.4 is 4.90 Å². The van der Waals surface area contributed by atoms with E-state index in [0.717, 1.165) is 55.2 Å². The molecular weight excluding hydrogens is 602 g/mol. The van der Waals surface area contributed by atoms with Crippen LogP contribution in [0.4, 0.5) is 23.2 Å². The minimum Gasteiger partial charge on any atom is -0.386 e. The van der Waals surface area contributed by atoms with E-state index in [1.807, 2.05) is 42.5 Å². The van der Waals surface area contributed by atoms with Crippen LogP contribution in [-0.4, -0.2) is 44.6 Å². The Morgan fingerprint density at radius 2 is 1.54 bits per heavy atom. The summed E-state index contributed by atoms with van der Waals surface area (Å²) in [4.78, 5) is 20.1. The summed E-state index contributed by atoms with van der Waals surface area (Å²) in [5.74, 6) is -0.914. The first-order valence-corrected chi connectivity index (χ1v) is 15.9. The van der Waals surface area contributed by atoms with Gasteiger partial charge >= 0.3 is 6.18 Å². The molecule has 0 unspecified atom stereocenters. The predicted octanol–water partition coefficient (Wildman–Crippen LogP) is 7.50. The average molecular weight is 644 g/mol. The van der Waals surface area contributed by atoms with E-state index in [4.69, 9.17) is 4.52 Å². The molecule has 1 heterocycles. The van der Waals surface area contributed by atoms with Gasteiger partial charge in [0.1, 0.15) is 0 Å². The number of aliphatic hydroxyl groups is 2. The van der Waals surface area contributed by atoms with Crippen molar-refractivity contribution in [2.75, 3.05) is 11.4 Å². The van der Waals surface area contributed by atoms with E-state index in [0.29, 0.717) is 18.1 Å². The second kappa shape index (κ2) is 10.9. The summed E-state index contributed by atoms with van der Waals surface area (Å²) in [6.45, 7) is 6.49. The van der Waals surface area contributed by atoms with Crippen molar-refractivity contribution < 1.29 is 37.1 Å². The number of hydrogen-bond acceptors (Lipinski definition) is 6. The number of benzene rings is 2. The first-order chi connectivity index (χ1) is 21.3. The minimum atomic E-state index is -4.80. The zero-order valence-electron chi connectivity index (χ0n) is 26.6. The summed E-state index contributed by atoms with van der Waals surface area (Å²) in [5.41, 5.74) is -3.18. The molecule has 0 aliphatic heterocycles. The number of amides is 1. The van der Waals surface area contributed by atoms with Gasteiger partial charge in [-0.1, -0.05) is 41.6 Å². The normalized spacial score (nSPS) is 28.2. The van der Waals surface area contributed by atoms with Gasteiger partial charge in [0.05, 0.1) is 5.60 Å². The van der Waals surface area contributed by atoms with Crippen molar-refractivity contribution >= 4 is 11.6 Å². The third-order valence-electron chi connectivity index (χ3n) is 10.7. The Morgan fingerprint density at radius 3 is 2.07 bits per heavy atom. The van der Waals surface area contributed by atoms with Crippen LogP contribution in [0.2, 0.25) is 0 Å². The highest BCUT2D eigenvalue weighted by Gasteiger charge is 2.63. The monoisotopic (exact) mass is 643 g/mol. The molecular formula is C35H41F4N3O4. The van der Waals surface area contributed by atoms with Crippen molar-refractivity contribution in [1.82, 2.24) is 10.1 Å². The van der Waals surface area contributed by atoms with E-state index >= 15 is 0 Å². The molecule has 4 aliphatic rings. The SMILES string of the molecule is CC(C)(O)c1ccc(-c2cccc(N(CC34CCC(c5noc(C(C)(C)F)n5)(CC3)CC4)C(=O)[C@H]3C[C@](O)(C(F)(F)F)C3)c2)cc1. The van der Waals surface area contributed by atoms with Gasteiger partial charge in [0.15, 0.2) is 17.1 Å². The van der Waals surface area contributed by atoms with Gasteiger partial charge in [-0.3, -0.25) is 4.79 Å². The topological polar surface area (TPSA) is 99.7 Å². The van der Waals surface area contributed by atoms with Gasteiger partial charge in [-0.2, -0.15) is 18.2 Å². The molecule has 1 amide bonds. The Hall–Kier alpha value is -3.31. The second-order valence-corrected chi connectivity index (χ2v) is 14.9. The van der Waals surface area contributed by atoms with Gasteiger partial charge in [0.25, 0.3) is 5.89 Å². The zero-order valence-corrected chi connectivity index (χ0v) is 26.6. The molecule has 4 fully saturated rings. The summed E-state index contributed by atoms with van der Waals surface area (Å²) in [5, 5.41) is 24.7. The molecule has 0 atom stereocenters. The second-order valence-electron chi connectivity index (χ2n) is 14.9. The average Bonchev–Trinajstić information content (AvgIpc) is 3.51. The van der Waals surface area contributed by atoms with E-state index < -0.39 is 47.7 Å². The number of alkyl halides is 4. The maximum atomic E-state index is 14.5. The molecule has 2 aromatic carbocycles. The number of anilines is 1. The van der Waals surface area contributed by atoms with Crippen molar-refractivity contribution in [3.05, 3.63) is 65.8 Å². The van der Waals surface area contributed by atoms with Crippen LogP contribution in [0.3, 0.4) is 0 Å². The molecule has 0 saturated heterocycles. The summed E-state index contributed by atoms with van der Waals surface area (Å²) in [6, 6.07) is 14.9. The third kappa shape index (κ3) is 5.85. The molecule has 248 valence electrons. The molecule has 2 bridgehead atoms. The van der Waals surface area contributed by atoms with Gasteiger partial charge in [-0.05, 0) is 113 Å².